The highest BCUT2D eigenvalue weighted by Crippen LogP contribution is 2.35. The maximum absolute atomic E-state index is 11.3. The minimum Gasteiger partial charge on any atom is -0.379 e. The minimum absolute atomic E-state index is 0.370. The topological polar surface area (TPSA) is 43.4 Å². The Bertz CT molecular complexity index is 499. The fourth-order valence-electron chi connectivity index (χ4n) is 2.25. The second-order valence-corrected chi connectivity index (χ2v) is 5.78. The highest BCUT2D eigenvalue weighted by atomic mass is 32.2. The van der Waals surface area contributed by atoms with Gasteiger partial charge in [-0.25, -0.2) is 0 Å². The summed E-state index contributed by atoms with van der Waals surface area (Å²) in [7, 11) is -3.65. The maximum atomic E-state index is 11.3. The van der Waals surface area contributed by atoms with Crippen molar-refractivity contribution < 1.29 is 12.6 Å². The second kappa shape index (κ2) is 4.92. The summed E-state index contributed by atoms with van der Waals surface area (Å²) in [6, 6.07) is 7.33. The van der Waals surface area contributed by atoms with E-state index in [0.29, 0.717) is 11.7 Å². The highest BCUT2D eigenvalue weighted by molar-refractivity contribution is 7.90. The van der Waals surface area contributed by atoms with Gasteiger partial charge in [-0.3, -0.25) is 0 Å². The van der Waals surface area contributed by atoms with E-state index >= 15 is 0 Å². The van der Waals surface area contributed by atoms with Crippen LogP contribution in [0.2, 0.25) is 0 Å². The van der Waals surface area contributed by atoms with Crippen molar-refractivity contribution in [3.05, 3.63) is 41.8 Å². The third-order valence-corrected chi connectivity index (χ3v) is 3.93. The lowest BCUT2D eigenvalue weighted by atomic mass is 9.98. The molecule has 17 heavy (non-hydrogen) atoms. The molecule has 0 radical (unpaired) electrons. The van der Waals surface area contributed by atoms with Gasteiger partial charge in [0.2, 0.25) is 0 Å². The van der Waals surface area contributed by atoms with Gasteiger partial charge in [0.05, 0.1) is 5.41 Å². The molecule has 92 valence electrons. The Hall–Kier alpha value is -1.29. The van der Waals surface area contributed by atoms with E-state index in [1.54, 1.807) is 6.07 Å². The van der Waals surface area contributed by atoms with Crippen LogP contribution in [0.5, 0.6) is 5.75 Å². The van der Waals surface area contributed by atoms with Crippen LogP contribution in [0.15, 0.2) is 36.3 Å². The van der Waals surface area contributed by atoms with Crippen LogP contribution in [0.25, 0.3) is 0 Å². The fourth-order valence-corrected chi connectivity index (χ4v) is 2.69. The minimum atomic E-state index is -3.65. The predicted octanol–water partition coefficient (Wildman–Crippen LogP) is 3.20. The van der Waals surface area contributed by atoms with E-state index in [-0.39, 0.29) is 0 Å². The summed E-state index contributed by atoms with van der Waals surface area (Å²) in [6.45, 7) is 3.22. The molecule has 0 aliphatic heterocycles. The third-order valence-electron chi connectivity index (χ3n) is 3.10. The average Bonchev–Trinajstić information content (AvgIpc) is 2.82. The predicted molar refractivity (Wildman–Crippen MR) is 67.4 cm³/mol. The molecule has 0 unspecified atom stereocenters. The number of benzene rings is 1. The van der Waals surface area contributed by atoms with Gasteiger partial charge in [-0.1, -0.05) is 31.6 Å². The van der Waals surface area contributed by atoms with E-state index in [0.717, 1.165) is 5.41 Å². The van der Waals surface area contributed by atoms with E-state index in [1.165, 1.54) is 31.2 Å². The van der Waals surface area contributed by atoms with Crippen LogP contribution in [-0.2, 0) is 10.1 Å². The smallest absolute Gasteiger partial charge is 0.331 e. The van der Waals surface area contributed by atoms with Gasteiger partial charge >= 0.3 is 10.1 Å². The Labute approximate surface area is 102 Å². The van der Waals surface area contributed by atoms with Gasteiger partial charge in [0, 0.05) is 0 Å². The molecule has 0 atom stereocenters. The lowest BCUT2D eigenvalue weighted by Crippen LogP contribution is -2.05. The molecule has 0 heterocycles. The Morgan fingerprint density at radius 2 is 2.00 bits per heavy atom. The lowest BCUT2D eigenvalue weighted by molar-refractivity contribution is 0.496. The van der Waals surface area contributed by atoms with Crippen molar-refractivity contribution in [1.29, 1.82) is 0 Å². The van der Waals surface area contributed by atoms with Crippen LogP contribution >= 0.6 is 0 Å². The second-order valence-electron chi connectivity index (χ2n) is 4.30. The average molecular weight is 252 g/mol. The Morgan fingerprint density at radius 1 is 1.29 bits per heavy atom. The molecule has 2 rings (SSSR count). The molecular weight excluding hydrogens is 236 g/mol. The van der Waals surface area contributed by atoms with Crippen molar-refractivity contribution >= 4 is 10.1 Å². The molecule has 0 amide bonds. The van der Waals surface area contributed by atoms with Crippen LogP contribution in [0.1, 0.15) is 37.2 Å². The van der Waals surface area contributed by atoms with Crippen LogP contribution in [0, 0.1) is 0 Å². The van der Waals surface area contributed by atoms with Gasteiger partial charge in [0.15, 0.2) is 0 Å². The first-order valence-corrected chi connectivity index (χ1v) is 7.25. The number of hydrogen-bond acceptors (Lipinski definition) is 3. The molecule has 4 heteroatoms. The molecule has 1 aliphatic carbocycles. The van der Waals surface area contributed by atoms with E-state index in [4.69, 9.17) is 4.18 Å². The van der Waals surface area contributed by atoms with Crippen LogP contribution in [0.3, 0.4) is 0 Å². The summed E-state index contributed by atoms with van der Waals surface area (Å²) in [5.41, 5.74) is 1.17. The summed E-state index contributed by atoms with van der Waals surface area (Å²) in [5, 5.41) is 0.815. The molecular formula is C13H16O3S. The number of rotatable bonds is 4. The Morgan fingerprint density at radius 3 is 2.65 bits per heavy atom. The molecule has 0 aromatic heterocycles. The van der Waals surface area contributed by atoms with Gasteiger partial charge in [0.25, 0.3) is 0 Å². The lowest BCUT2D eigenvalue weighted by Gasteiger charge is -2.11. The summed E-state index contributed by atoms with van der Waals surface area (Å²) in [4.78, 5) is 0. The van der Waals surface area contributed by atoms with Crippen LogP contribution in [0.4, 0.5) is 0 Å². The van der Waals surface area contributed by atoms with E-state index in [2.05, 4.69) is 6.58 Å². The van der Waals surface area contributed by atoms with Crippen molar-refractivity contribution in [2.75, 3.05) is 0 Å². The highest BCUT2D eigenvalue weighted by Gasteiger charge is 2.18. The molecule has 0 spiro atoms. The van der Waals surface area contributed by atoms with Crippen LogP contribution in [-0.4, -0.2) is 8.42 Å². The van der Waals surface area contributed by atoms with E-state index < -0.39 is 10.1 Å². The quantitative estimate of drug-likeness (QED) is 0.773. The summed E-state index contributed by atoms with van der Waals surface area (Å²) in [5.74, 6) is 0.916. The first-order chi connectivity index (χ1) is 8.11. The Kier molecular flexibility index (Phi) is 3.52. The zero-order valence-corrected chi connectivity index (χ0v) is 10.4. The maximum Gasteiger partial charge on any atom is 0.331 e. The first kappa shape index (κ1) is 12.2. The van der Waals surface area contributed by atoms with Crippen LogP contribution < -0.4 is 4.18 Å². The molecule has 1 fully saturated rings. The van der Waals surface area contributed by atoms with Gasteiger partial charge < -0.3 is 4.18 Å². The van der Waals surface area contributed by atoms with Crippen molar-refractivity contribution in [3.63, 3.8) is 0 Å². The molecule has 1 aliphatic rings. The molecule has 1 saturated carbocycles. The molecule has 0 saturated heterocycles. The summed E-state index contributed by atoms with van der Waals surface area (Å²) < 4.78 is 27.4. The van der Waals surface area contributed by atoms with Gasteiger partial charge in [-0.05, 0) is 36.5 Å². The van der Waals surface area contributed by atoms with Crippen molar-refractivity contribution in [3.8, 4) is 5.75 Å². The van der Waals surface area contributed by atoms with E-state index in [1.807, 2.05) is 18.2 Å². The molecule has 1 aromatic carbocycles. The van der Waals surface area contributed by atoms with Crippen molar-refractivity contribution in [1.82, 2.24) is 0 Å². The standard InChI is InChI=1S/C13H16O3S/c1-2-17(14,15)16-13-9-5-8-12(10-13)11-6-3-4-7-11/h2,5,8-11H,1,3-4,6-7H2. The zero-order valence-electron chi connectivity index (χ0n) is 9.63. The SMILES string of the molecule is C=CS(=O)(=O)Oc1cccc(C2CCCC2)c1. The van der Waals surface area contributed by atoms with Gasteiger partial charge in [-0.15, -0.1) is 0 Å². The third kappa shape index (κ3) is 3.09. The first-order valence-electron chi connectivity index (χ1n) is 5.77. The summed E-state index contributed by atoms with van der Waals surface area (Å²) >= 11 is 0. The molecule has 1 aromatic rings. The van der Waals surface area contributed by atoms with Gasteiger partial charge in [0.1, 0.15) is 5.75 Å². The molecule has 3 nitrogen and oxygen atoms in total. The molecule has 0 bridgehead atoms. The number of hydrogen-bond donors (Lipinski definition) is 0. The molecule has 0 N–H and O–H groups in total. The van der Waals surface area contributed by atoms with Crippen molar-refractivity contribution in [2.24, 2.45) is 0 Å². The van der Waals surface area contributed by atoms with Gasteiger partial charge in [-0.2, -0.15) is 8.42 Å². The van der Waals surface area contributed by atoms with Crippen molar-refractivity contribution in [2.45, 2.75) is 31.6 Å². The summed E-state index contributed by atoms with van der Waals surface area (Å²) in [6.07, 6.45) is 4.86. The normalized spacial score (nSPS) is 16.9. The monoisotopic (exact) mass is 252 g/mol. The Balaban J connectivity index is 2.19. The largest absolute Gasteiger partial charge is 0.379 e. The fraction of sp³-hybridized carbons (Fsp3) is 0.385. The van der Waals surface area contributed by atoms with E-state index in [9.17, 15) is 8.42 Å². The zero-order chi connectivity index (χ0) is 12.3.